The molecule has 1 aromatic rings. The van der Waals surface area contributed by atoms with E-state index in [0.29, 0.717) is 25.0 Å². The molecule has 6 nitrogen and oxygen atoms in total. The average molecular weight is 326 g/mol. The third-order valence-electron chi connectivity index (χ3n) is 5.14. The maximum Gasteiger partial charge on any atom is 0.211 e. The van der Waals surface area contributed by atoms with Crippen LogP contribution in [-0.2, 0) is 10.0 Å². The van der Waals surface area contributed by atoms with Crippen LogP contribution in [0.1, 0.15) is 42.9 Å². The molecule has 0 radical (unpaired) electrons. The Morgan fingerprint density at radius 3 is 2.55 bits per heavy atom. The molecule has 3 rings (SSSR count). The van der Waals surface area contributed by atoms with Gasteiger partial charge in [0.15, 0.2) is 0 Å². The molecule has 1 aromatic heterocycles. The summed E-state index contributed by atoms with van der Waals surface area (Å²) >= 11 is 0. The van der Waals surface area contributed by atoms with Crippen LogP contribution >= 0.6 is 0 Å². The van der Waals surface area contributed by atoms with Crippen LogP contribution in [-0.4, -0.2) is 66.3 Å². The number of H-pyrrole nitrogens is 1. The summed E-state index contributed by atoms with van der Waals surface area (Å²) in [6, 6.07) is 0.518. The molecule has 3 heterocycles. The van der Waals surface area contributed by atoms with Gasteiger partial charge in [0.2, 0.25) is 10.0 Å². The fraction of sp³-hybridized carbons (Fsp3) is 0.800. The molecular weight excluding hydrogens is 300 g/mol. The van der Waals surface area contributed by atoms with Crippen molar-refractivity contribution in [2.75, 3.05) is 32.4 Å². The number of aromatic amines is 1. The molecule has 0 saturated carbocycles. The predicted octanol–water partition coefficient (Wildman–Crippen LogP) is 1.32. The molecule has 0 bridgehead atoms. The molecule has 1 atom stereocenters. The highest BCUT2D eigenvalue weighted by molar-refractivity contribution is 7.88. The van der Waals surface area contributed by atoms with Crippen LogP contribution in [0.2, 0.25) is 0 Å². The summed E-state index contributed by atoms with van der Waals surface area (Å²) in [6.45, 7) is 5.63. The number of piperidine rings is 2. The van der Waals surface area contributed by atoms with Gasteiger partial charge in [0.25, 0.3) is 0 Å². The van der Waals surface area contributed by atoms with E-state index in [-0.39, 0.29) is 0 Å². The predicted molar refractivity (Wildman–Crippen MR) is 86.3 cm³/mol. The Morgan fingerprint density at radius 1 is 1.23 bits per heavy atom. The first-order chi connectivity index (χ1) is 10.4. The SMILES string of the molecule is Cc1cn[nH]c1C1CCCN(C2CCN(S(C)(=O)=O)CC2)C1. The number of hydrogen-bond acceptors (Lipinski definition) is 4. The molecule has 2 saturated heterocycles. The van der Waals surface area contributed by atoms with E-state index in [9.17, 15) is 8.42 Å². The molecule has 1 unspecified atom stereocenters. The minimum atomic E-state index is -3.03. The van der Waals surface area contributed by atoms with Gasteiger partial charge in [0, 0.05) is 37.3 Å². The minimum absolute atomic E-state index is 0.518. The van der Waals surface area contributed by atoms with Gasteiger partial charge < -0.3 is 0 Å². The highest BCUT2D eigenvalue weighted by Crippen LogP contribution is 2.30. The fourth-order valence-corrected chi connectivity index (χ4v) is 4.76. The van der Waals surface area contributed by atoms with Crippen molar-refractivity contribution < 1.29 is 8.42 Å². The Bertz CT molecular complexity index is 605. The van der Waals surface area contributed by atoms with Crippen LogP contribution in [0.25, 0.3) is 0 Å². The van der Waals surface area contributed by atoms with Crippen LogP contribution in [0.4, 0.5) is 0 Å². The largest absolute Gasteiger partial charge is 0.300 e. The second-order valence-electron chi connectivity index (χ2n) is 6.69. The lowest BCUT2D eigenvalue weighted by Gasteiger charge is -2.41. The Morgan fingerprint density at radius 2 is 1.95 bits per heavy atom. The van der Waals surface area contributed by atoms with Crippen LogP contribution in [0.5, 0.6) is 0 Å². The summed E-state index contributed by atoms with van der Waals surface area (Å²) in [7, 11) is -3.03. The molecule has 22 heavy (non-hydrogen) atoms. The van der Waals surface area contributed by atoms with Gasteiger partial charge in [-0.15, -0.1) is 0 Å². The topological polar surface area (TPSA) is 69.3 Å². The van der Waals surface area contributed by atoms with Crippen molar-refractivity contribution in [1.82, 2.24) is 19.4 Å². The van der Waals surface area contributed by atoms with E-state index in [1.165, 1.54) is 30.4 Å². The van der Waals surface area contributed by atoms with Crippen molar-refractivity contribution in [3.63, 3.8) is 0 Å². The van der Waals surface area contributed by atoms with Gasteiger partial charge in [-0.1, -0.05) is 0 Å². The highest BCUT2D eigenvalue weighted by atomic mass is 32.2. The molecule has 2 aliphatic heterocycles. The third-order valence-corrected chi connectivity index (χ3v) is 6.44. The van der Waals surface area contributed by atoms with E-state index >= 15 is 0 Å². The summed E-state index contributed by atoms with van der Waals surface area (Å²) in [4.78, 5) is 2.56. The van der Waals surface area contributed by atoms with E-state index in [2.05, 4.69) is 22.0 Å². The van der Waals surface area contributed by atoms with Crippen LogP contribution in [0.15, 0.2) is 6.20 Å². The monoisotopic (exact) mass is 326 g/mol. The van der Waals surface area contributed by atoms with Gasteiger partial charge in [0.05, 0.1) is 12.5 Å². The number of aryl methyl sites for hydroxylation is 1. The van der Waals surface area contributed by atoms with E-state index in [1.54, 1.807) is 4.31 Å². The Balaban J connectivity index is 1.61. The first-order valence-electron chi connectivity index (χ1n) is 8.14. The van der Waals surface area contributed by atoms with E-state index in [0.717, 1.165) is 25.9 Å². The van der Waals surface area contributed by atoms with Crippen molar-refractivity contribution in [1.29, 1.82) is 0 Å². The zero-order chi connectivity index (χ0) is 15.7. The summed E-state index contributed by atoms with van der Waals surface area (Å²) in [5.41, 5.74) is 2.53. The number of rotatable bonds is 3. The summed E-state index contributed by atoms with van der Waals surface area (Å²) in [5.74, 6) is 0.532. The van der Waals surface area contributed by atoms with Gasteiger partial charge in [0.1, 0.15) is 0 Å². The van der Waals surface area contributed by atoms with E-state index in [1.807, 2.05) is 6.20 Å². The molecule has 0 aromatic carbocycles. The zero-order valence-electron chi connectivity index (χ0n) is 13.5. The molecule has 124 valence electrons. The van der Waals surface area contributed by atoms with Gasteiger partial charge in [-0.3, -0.25) is 10.00 Å². The van der Waals surface area contributed by atoms with Crippen LogP contribution in [0.3, 0.4) is 0 Å². The quantitative estimate of drug-likeness (QED) is 0.909. The number of hydrogen-bond donors (Lipinski definition) is 1. The molecule has 0 aliphatic carbocycles. The first kappa shape index (κ1) is 16.0. The standard InChI is InChI=1S/C15H26N4O2S/c1-12-10-16-17-15(12)13-4-3-7-18(11-13)14-5-8-19(9-6-14)22(2,20)21/h10,13-14H,3-9,11H2,1-2H3,(H,16,17). The number of aromatic nitrogens is 2. The maximum absolute atomic E-state index is 11.6. The van der Waals surface area contributed by atoms with Crippen molar-refractivity contribution >= 4 is 10.0 Å². The Hall–Kier alpha value is -0.920. The van der Waals surface area contributed by atoms with E-state index in [4.69, 9.17) is 0 Å². The smallest absolute Gasteiger partial charge is 0.211 e. The molecular formula is C15H26N4O2S. The van der Waals surface area contributed by atoms with Crippen molar-refractivity contribution in [3.8, 4) is 0 Å². The Kier molecular flexibility index (Phi) is 4.56. The van der Waals surface area contributed by atoms with Gasteiger partial charge in [-0.25, -0.2) is 12.7 Å². The van der Waals surface area contributed by atoms with Crippen LogP contribution in [0, 0.1) is 6.92 Å². The lowest BCUT2D eigenvalue weighted by Crippen LogP contribution is -2.49. The second-order valence-corrected chi connectivity index (χ2v) is 8.68. The maximum atomic E-state index is 11.6. The summed E-state index contributed by atoms with van der Waals surface area (Å²) in [5, 5.41) is 7.32. The molecule has 1 N–H and O–H groups in total. The average Bonchev–Trinajstić information content (AvgIpc) is 2.93. The van der Waals surface area contributed by atoms with E-state index < -0.39 is 10.0 Å². The molecule has 0 spiro atoms. The van der Waals surface area contributed by atoms with Crippen molar-refractivity contribution in [3.05, 3.63) is 17.5 Å². The minimum Gasteiger partial charge on any atom is -0.300 e. The third kappa shape index (κ3) is 3.36. The van der Waals surface area contributed by atoms with Crippen molar-refractivity contribution in [2.24, 2.45) is 0 Å². The summed E-state index contributed by atoms with van der Waals surface area (Å²) in [6.07, 6.45) is 7.52. The molecule has 7 heteroatoms. The molecule has 0 amide bonds. The highest BCUT2D eigenvalue weighted by Gasteiger charge is 2.32. The second kappa shape index (κ2) is 6.29. The first-order valence-corrected chi connectivity index (χ1v) is 9.99. The van der Waals surface area contributed by atoms with Crippen LogP contribution < -0.4 is 0 Å². The van der Waals surface area contributed by atoms with Gasteiger partial charge in [-0.2, -0.15) is 5.10 Å². The summed E-state index contributed by atoms with van der Waals surface area (Å²) < 4.78 is 24.8. The van der Waals surface area contributed by atoms with Crippen molar-refractivity contribution in [2.45, 2.75) is 44.6 Å². The lowest BCUT2D eigenvalue weighted by atomic mass is 9.90. The lowest BCUT2D eigenvalue weighted by molar-refractivity contribution is 0.106. The van der Waals surface area contributed by atoms with Gasteiger partial charge >= 0.3 is 0 Å². The van der Waals surface area contributed by atoms with Gasteiger partial charge in [-0.05, 0) is 44.7 Å². The Labute approximate surface area is 132 Å². The molecule has 2 fully saturated rings. The normalized spacial score (nSPS) is 26.4. The zero-order valence-corrected chi connectivity index (χ0v) is 14.3. The molecule has 2 aliphatic rings. The number of likely N-dealkylation sites (tertiary alicyclic amines) is 1. The number of nitrogens with one attached hydrogen (secondary N) is 1. The number of nitrogens with zero attached hydrogens (tertiary/aromatic N) is 3. The fourth-order valence-electron chi connectivity index (χ4n) is 3.88. The number of sulfonamides is 1.